The van der Waals surface area contributed by atoms with E-state index in [0.29, 0.717) is 27.2 Å². The van der Waals surface area contributed by atoms with Gasteiger partial charge in [-0.25, -0.2) is 4.98 Å². The molecule has 0 aliphatic carbocycles. The number of halogens is 2. The van der Waals surface area contributed by atoms with Crippen molar-refractivity contribution < 1.29 is 9.53 Å². The summed E-state index contributed by atoms with van der Waals surface area (Å²) in [7, 11) is 0. The lowest BCUT2D eigenvalue weighted by Gasteiger charge is -2.12. The summed E-state index contributed by atoms with van der Waals surface area (Å²) in [6.45, 7) is 0. The molecule has 120 valence electrons. The lowest BCUT2D eigenvalue weighted by atomic mass is 10.2. The SMILES string of the molecule is O=C(Nc1cccc(Cl)c1Cl)c1ccc(O[C@@H]2CCSC2)nc1. The number of nitrogens with zero attached hydrogens (tertiary/aromatic N) is 1. The molecule has 23 heavy (non-hydrogen) atoms. The number of pyridine rings is 1. The largest absolute Gasteiger partial charge is 0.473 e. The first kappa shape index (κ1) is 16.4. The van der Waals surface area contributed by atoms with Crippen molar-refractivity contribution in [1.82, 2.24) is 4.98 Å². The molecule has 1 aromatic heterocycles. The van der Waals surface area contributed by atoms with Crippen LogP contribution in [-0.2, 0) is 0 Å². The van der Waals surface area contributed by atoms with E-state index >= 15 is 0 Å². The summed E-state index contributed by atoms with van der Waals surface area (Å²) < 4.78 is 5.76. The van der Waals surface area contributed by atoms with Gasteiger partial charge in [0.15, 0.2) is 0 Å². The summed E-state index contributed by atoms with van der Waals surface area (Å²) in [6.07, 6.45) is 2.73. The van der Waals surface area contributed by atoms with Crippen molar-refractivity contribution in [2.45, 2.75) is 12.5 Å². The summed E-state index contributed by atoms with van der Waals surface area (Å²) in [6, 6.07) is 8.46. The van der Waals surface area contributed by atoms with Crippen molar-refractivity contribution in [3.63, 3.8) is 0 Å². The van der Waals surface area contributed by atoms with Crippen LogP contribution in [0.2, 0.25) is 10.0 Å². The molecule has 2 aromatic rings. The molecule has 1 aliphatic rings. The summed E-state index contributed by atoms with van der Waals surface area (Å²) in [5, 5.41) is 3.42. The van der Waals surface area contributed by atoms with Crippen molar-refractivity contribution in [2.75, 3.05) is 16.8 Å². The van der Waals surface area contributed by atoms with Crippen LogP contribution in [0.5, 0.6) is 5.88 Å². The fraction of sp³-hybridized carbons (Fsp3) is 0.250. The molecule has 1 aromatic carbocycles. The van der Waals surface area contributed by atoms with Gasteiger partial charge < -0.3 is 10.1 Å². The van der Waals surface area contributed by atoms with Crippen LogP contribution in [0.1, 0.15) is 16.8 Å². The number of amides is 1. The molecule has 0 spiro atoms. The molecule has 4 nitrogen and oxygen atoms in total. The smallest absolute Gasteiger partial charge is 0.257 e. The zero-order valence-corrected chi connectivity index (χ0v) is 14.4. The first-order chi connectivity index (χ1) is 11.1. The molecule has 1 aliphatic heterocycles. The first-order valence-electron chi connectivity index (χ1n) is 7.09. The Morgan fingerprint density at radius 2 is 2.17 bits per heavy atom. The lowest BCUT2D eigenvalue weighted by molar-refractivity contribution is 0.102. The molecule has 1 atom stereocenters. The van der Waals surface area contributed by atoms with Crippen molar-refractivity contribution in [1.29, 1.82) is 0 Å². The Labute approximate surface area is 148 Å². The van der Waals surface area contributed by atoms with E-state index < -0.39 is 0 Å². The van der Waals surface area contributed by atoms with Crippen molar-refractivity contribution in [3.05, 3.63) is 52.1 Å². The van der Waals surface area contributed by atoms with Crippen molar-refractivity contribution in [2.24, 2.45) is 0 Å². The number of hydrogen-bond acceptors (Lipinski definition) is 4. The molecule has 0 radical (unpaired) electrons. The van der Waals surface area contributed by atoms with Crippen LogP contribution in [-0.4, -0.2) is 28.5 Å². The molecule has 0 saturated carbocycles. The fourth-order valence-corrected chi connectivity index (χ4v) is 3.60. The Hall–Kier alpha value is -1.43. The van der Waals surface area contributed by atoms with Crippen LogP contribution < -0.4 is 10.1 Å². The molecule has 1 amide bonds. The fourth-order valence-electron chi connectivity index (χ4n) is 2.16. The zero-order valence-electron chi connectivity index (χ0n) is 12.1. The second-order valence-corrected chi connectivity index (χ2v) is 6.98. The monoisotopic (exact) mass is 368 g/mol. The van der Waals surface area contributed by atoms with E-state index in [1.165, 1.54) is 6.20 Å². The highest BCUT2D eigenvalue weighted by Crippen LogP contribution is 2.30. The van der Waals surface area contributed by atoms with Gasteiger partial charge in [-0.15, -0.1) is 0 Å². The third kappa shape index (κ3) is 4.10. The minimum Gasteiger partial charge on any atom is -0.473 e. The van der Waals surface area contributed by atoms with E-state index in [1.807, 2.05) is 11.8 Å². The average Bonchev–Trinajstić information content (AvgIpc) is 3.05. The average molecular weight is 369 g/mol. The molecule has 1 fully saturated rings. The van der Waals surface area contributed by atoms with E-state index in [1.54, 1.807) is 30.3 Å². The highest BCUT2D eigenvalue weighted by Gasteiger charge is 2.18. The predicted octanol–water partition coefficient (Wildman–Crippen LogP) is 4.53. The van der Waals surface area contributed by atoms with Gasteiger partial charge in [0, 0.05) is 18.0 Å². The van der Waals surface area contributed by atoms with E-state index in [0.717, 1.165) is 17.9 Å². The van der Waals surface area contributed by atoms with E-state index in [9.17, 15) is 4.79 Å². The van der Waals surface area contributed by atoms with Crippen LogP contribution in [0.4, 0.5) is 5.69 Å². The van der Waals surface area contributed by atoms with Crippen molar-refractivity contribution >= 4 is 46.6 Å². The quantitative estimate of drug-likeness (QED) is 0.861. The van der Waals surface area contributed by atoms with Gasteiger partial charge in [-0.3, -0.25) is 4.79 Å². The number of rotatable bonds is 4. The van der Waals surface area contributed by atoms with Gasteiger partial charge in [0.1, 0.15) is 6.10 Å². The van der Waals surface area contributed by atoms with E-state index in [4.69, 9.17) is 27.9 Å². The number of hydrogen-bond donors (Lipinski definition) is 1. The Morgan fingerprint density at radius 1 is 1.30 bits per heavy atom. The van der Waals surface area contributed by atoms with Crippen LogP contribution >= 0.6 is 35.0 Å². The number of carbonyl (C=O) groups excluding carboxylic acids is 1. The second-order valence-electron chi connectivity index (χ2n) is 5.04. The number of aromatic nitrogens is 1. The molecule has 1 saturated heterocycles. The summed E-state index contributed by atoms with van der Waals surface area (Å²) >= 11 is 13.9. The van der Waals surface area contributed by atoms with Crippen LogP contribution in [0.25, 0.3) is 0 Å². The van der Waals surface area contributed by atoms with Gasteiger partial charge in [-0.05, 0) is 30.4 Å². The zero-order chi connectivity index (χ0) is 16.2. The van der Waals surface area contributed by atoms with E-state index in [2.05, 4.69) is 10.3 Å². The highest BCUT2D eigenvalue weighted by atomic mass is 35.5. The molecule has 0 unspecified atom stereocenters. The summed E-state index contributed by atoms with van der Waals surface area (Å²) in [4.78, 5) is 16.4. The van der Waals surface area contributed by atoms with Gasteiger partial charge in [0.2, 0.25) is 5.88 Å². The number of thioether (sulfide) groups is 1. The van der Waals surface area contributed by atoms with Crippen LogP contribution in [0.15, 0.2) is 36.5 Å². The van der Waals surface area contributed by atoms with Gasteiger partial charge in [0.05, 0.1) is 21.3 Å². The molecule has 7 heteroatoms. The maximum absolute atomic E-state index is 12.2. The predicted molar refractivity (Wildman–Crippen MR) is 95.0 cm³/mol. The first-order valence-corrected chi connectivity index (χ1v) is 9.00. The number of benzene rings is 1. The van der Waals surface area contributed by atoms with Gasteiger partial charge in [-0.1, -0.05) is 29.3 Å². The Kier molecular flexibility index (Phi) is 5.30. The normalized spacial score (nSPS) is 17.0. The minimum absolute atomic E-state index is 0.206. The Morgan fingerprint density at radius 3 is 2.87 bits per heavy atom. The molecular weight excluding hydrogens is 355 g/mol. The number of carbonyl (C=O) groups is 1. The molecule has 3 rings (SSSR count). The minimum atomic E-state index is -0.301. The lowest BCUT2D eigenvalue weighted by Crippen LogP contribution is -2.16. The van der Waals surface area contributed by atoms with Crippen LogP contribution in [0, 0.1) is 0 Å². The highest BCUT2D eigenvalue weighted by molar-refractivity contribution is 7.99. The number of ether oxygens (including phenoxy) is 1. The standard InChI is InChI=1S/C16H14Cl2N2O2S/c17-12-2-1-3-13(15(12)18)20-16(21)10-4-5-14(19-8-10)22-11-6-7-23-9-11/h1-5,8,11H,6-7,9H2,(H,20,21)/t11-/m1/s1. The Balaban J connectivity index is 1.66. The van der Waals surface area contributed by atoms with E-state index in [-0.39, 0.29) is 12.0 Å². The molecule has 2 heterocycles. The number of nitrogens with one attached hydrogen (secondary N) is 1. The van der Waals surface area contributed by atoms with Crippen LogP contribution in [0.3, 0.4) is 0 Å². The summed E-state index contributed by atoms with van der Waals surface area (Å²) in [5.74, 6) is 2.34. The van der Waals surface area contributed by atoms with Gasteiger partial charge in [0.25, 0.3) is 5.91 Å². The van der Waals surface area contributed by atoms with Crippen molar-refractivity contribution in [3.8, 4) is 5.88 Å². The molecular formula is C16H14Cl2N2O2S. The number of anilines is 1. The van der Waals surface area contributed by atoms with Gasteiger partial charge in [-0.2, -0.15) is 11.8 Å². The Bertz CT molecular complexity index is 704. The maximum Gasteiger partial charge on any atom is 0.257 e. The topological polar surface area (TPSA) is 51.2 Å². The molecule has 0 bridgehead atoms. The second kappa shape index (κ2) is 7.43. The van der Waals surface area contributed by atoms with Gasteiger partial charge >= 0.3 is 0 Å². The third-order valence-electron chi connectivity index (χ3n) is 3.37. The third-order valence-corrected chi connectivity index (χ3v) is 5.32. The summed E-state index contributed by atoms with van der Waals surface area (Å²) in [5.41, 5.74) is 0.890. The molecule has 1 N–H and O–H groups in total. The maximum atomic E-state index is 12.2.